The second kappa shape index (κ2) is 8.31. The van der Waals surface area contributed by atoms with Gasteiger partial charge in [-0.1, -0.05) is 42.1 Å². The van der Waals surface area contributed by atoms with Crippen LogP contribution in [0, 0.1) is 0 Å². The number of nitrogens with two attached hydrogens (primary N) is 1. The van der Waals surface area contributed by atoms with Crippen molar-refractivity contribution in [2.24, 2.45) is 5.73 Å². The van der Waals surface area contributed by atoms with Crippen molar-refractivity contribution >= 4 is 23.6 Å². The van der Waals surface area contributed by atoms with Gasteiger partial charge in [0.1, 0.15) is 10.8 Å². The molecule has 3 rings (SSSR count). The second-order valence-electron chi connectivity index (χ2n) is 5.45. The van der Waals surface area contributed by atoms with Crippen molar-refractivity contribution in [1.29, 1.82) is 0 Å². The van der Waals surface area contributed by atoms with Gasteiger partial charge in [-0.15, -0.1) is 0 Å². The summed E-state index contributed by atoms with van der Waals surface area (Å²) in [5.74, 6) is -0.505. The first-order valence-electron chi connectivity index (χ1n) is 7.89. The smallest absolute Gasteiger partial charge is 0.346 e. The van der Waals surface area contributed by atoms with Crippen molar-refractivity contribution in [3.63, 3.8) is 0 Å². The summed E-state index contributed by atoms with van der Waals surface area (Å²) in [6, 6.07) is 19.7. The maximum absolute atomic E-state index is 12.5. The minimum Gasteiger partial charge on any atom is -0.423 e. The highest BCUT2D eigenvalue weighted by Gasteiger charge is 2.15. The van der Waals surface area contributed by atoms with Crippen molar-refractivity contribution in [2.75, 3.05) is 0 Å². The molecule has 0 aliphatic carbocycles. The fourth-order valence-corrected chi connectivity index (χ4v) is 3.16. The molecular formula is C20H16N2O3S. The zero-order chi connectivity index (χ0) is 18.4. The molecule has 6 heteroatoms. The molecule has 0 radical (unpaired) electrons. The monoisotopic (exact) mass is 364 g/mol. The van der Waals surface area contributed by atoms with E-state index in [0.29, 0.717) is 16.3 Å². The summed E-state index contributed by atoms with van der Waals surface area (Å²) in [7, 11) is 0. The molecule has 0 atom stereocenters. The van der Waals surface area contributed by atoms with E-state index in [4.69, 9.17) is 10.5 Å². The number of hydrogen-bond donors (Lipinski definition) is 1. The number of rotatable bonds is 6. The number of amides is 1. The molecule has 0 aliphatic heterocycles. The van der Waals surface area contributed by atoms with Crippen molar-refractivity contribution in [1.82, 2.24) is 4.98 Å². The van der Waals surface area contributed by atoms with Gasteiger partial charge in [0, 0.05) is 11.1 Å². The van der Waals surface area contributed by atoms with Crippen molar-refractivity contribution < 1.29 is 14.3 Å². The third kappa shape index (κ3) is 4.70. The predicted molar refractivity (Wildman–Crippen MR) is 99.1 cm³/mol. The van der Waals surface area contributed by atoms with Crippen LogP contribution >= 0.6 is 11.8 Å². The highest BCUT2D eigenvalue weighted by molar-refractivity contribution is 7.99. The Labute approximate surface area is 155 Å². The lowest BCUT2D eigenvalue weighted by molar-refractivity contribution is -0.117. The highest BCUT2D eigenvalue weighted by Crippen LogP contribution is 2.29. The van der Waals surface area contributed by atoms with E-state index in [1.807, 2.05) is 30.3 Å². The van der Waals surface area contributed by atoms with Crippen molar-refractivity contribution in [3.8, 4) is 5.75 Å². The standard InChI is InChI=1S/C20H16N2O3S/c21-18(23)13-14-8-10-15(11-9-14)25-20(24)17-7-4-12-22-19(17)26-16-5-2-1-3-6-16/h1-12H,13H2,(H2,21,23). The lowest BCUT2D eigenvalue weighted by Crippen LogP contribution is -2.13. The predicted octanol–water partition coefficient (Wildman–Crippen LogP) is 3.48. The summed E-state index contributed by atoms with van der Waals surface area (Å²) in [5, 5.41) is 0.578. The fraction of sp³-hybridized carbons (Fsp3) is 0.0500. The molecule has 2 aromatic carbocycles. The minimum absolute atomic E-state index is 0.148. The van der Waals surface area contributed by atoms with Gasteiger partial charge in [-0.05, 0) is 42.0 Å². The number of primary amides is 1. The molecule has 0 fully saturated rings. The van der Waals surface area contributed by atoms with E-state index in [-0.39, 0.29) is 6.42 Å². The van der Waals surface area contributed by atoms with Crippen LogP contribution in [0.5, 0.6) is 5.75 Å². The van der Waals surface area contributed by atoms with Crippen LogP contribution in [0.3, 0.4) is 0 Å². The van der Waals surface area contributed by atoms with Crippen molar-refractivity contribution in [3.05, 3.63) is 84.1 Å². The Morgan fingerprint density at radius 1 is 0.962 bits per heavy atom. The second-order valence-corrected chi connectivity index (χ2v) is 6.51. The molecule has 3 aromatic rings. The molecule has 1 aromatic heterocycles. The number of hydrogen-bond acceptors (Lipinski definition) is 5. The van der Waals surface area contributed by atoms with Crippen LogP contribution in [0.2, 0.25) is 0 Å². The van der Waals surface area contributed by atoms with Crippen LogP contribution < -0.4 is 10.5 Å². The number of carbonyl (C=O) groups excluding carboxylic acids is 2. The summed E-state index contributed by atoms with van der Waals surface area (Å²) in [6.45, 7) is 0. The quantitative estimate of drug-likeness (QED) is 0.535. The normalized spacial score (nSPS) is 10.3. The van der Waals surface area contributed by atoms with Gasteiger partial charge in [-0.3, -0.25) is 4.79 Å². The first-order valence-corrected chi connectivity index (χ1v) is 8.71. The van der Waals surface area contributed by atoms with E-state index in [1.165, 1.54) is 11.8 Å². The van der Waals surface area contributed by atoms with Crippen LogP contribution in [0.15, 0.2) is 82.8 Å². The van der Waals surface area contributed by atoms with Gasteiger partial charge in [0.05, 0.1) is 12.0 Å². The largest absolute Gasteiger partial charge is 0.423 e. The van der Waals surface area contributed by atoms with Gasteiger partial charge in [0.2, 0.25) is 5.91 Å². The summed E-state index contributed by atoms with van der Waals surface area (Å²) >= 11 is 1.40. The van der Waals surface area contributed by atoms with E-state index in [1.54, 1.807) is 42.6 Å². The Morgan fingerprint density at radius 3 is 2.38 bits per heavy atom. The average Bonchev–Trinajstić information content (AvgIpc) is 2.64. The van der Waals surface area contributed by atoms with Gasteiger partial charge < -0.3 is 10.5 Å². The molecule has 0 spiro atoms. The topological polar surface area (TPSA) is 82.3 Å². The highest BCUT2D eigenvalue weighted by atomic mass is 32.2. The molecule has 5 nitrogen and oxygen atoms in total. The molecule has 0 aliphatic rings. The first-order chi connectivity index (χ1) is 12.6. The average molecular weight is 364 g/mol. The first kappa shape index (κ1) is 17.7. The Bertz CT molecular complexity index is 912. The number of aromatic nitrogens is 1. The van der Waals surface area contributed by atoms with E-state index in [9.17, 15) is 9.59 Å². The maximum atomic E-state index is 12.5. The van der Waals surface area contributed by atoms with Gasteiger partial charge in [-0.25, -0.2) is 9.78 Å². The molecule has 1 heterocycles. The van der Waals surface area contributed by atoms with E-state index in [0.717, 1.165) is 10.5 Å². The number of carbonyl (C=O) groups is 2. The lowest BCUT2D eigenvalue weighted by Gasteiger charge is -2.08. The maximum Gasteiger partial charge on any atom is 0.346 e. The Morgan fingerprint density at radius 2 is 1.69 bits per heavy atom. The summed E-state index contributed by atoms with van der Waals surface area (Å²) in [4.78, 5) is 28.7. The summed E-state index contributed by atoms with van der Waals surface area (Å²) in [6.07, 6.45) is 1.79. The van der Waals surface area contributed by atoms with E-state index >= 15 is 0 Å². The Hall–Kier alpha value is -3.12. The number of pyridine rings is 1. The van der Waals surface area contributed by atoms with Crippen LogP contribution in [0.4, 0.5) is 0 Å². The molecular weight excluding hydrogens is 348 g/mol. The van der Waals surface area contributed by atoms with Gasteiger partial charge in [0.15, 0.2) is 0 Å². The van der Waals surface area contributed by atoms with E-state index in [2.05, 4.69) is 4.98 Å². The molecule has 26 heavy (non-hydrogen) atoms. The molecule has 0 unspecified atom stereocenters. The van der Waals surface area contributed by atoms with Crippen molar-refractivity contribution in [2.45, 2.75) is 16.3 Å². The number of esters is 1. The minimum atomic E-state index is -0.487. The zero-order valence-electron chi connectivity index (χ0n) is 13.8. The molecule has 130 valence electrons. The van der Waals surface area contributed by atoms with Gasteiger partial charge in [-0.2, -0.15) is 0 Å². The summed E-state index contributed by atoms with van der Waals surface area (Å²) in [5.41, 5.74) is 6.32. The molecule has 0 saturated heterocycles. The molecule has 1 amide bonds. The van der Waals surface area contributed by atoms with Gasteiger partial charge >= 0.3 is 5.97 Å². The Balaban J connectivity index is 1.75. The number of nitrogens with zero attached hydrogens (tertiary/aromatic N) is 1. The summed E-state index contributed by atoms with van der Waals surface area (Å²) < 4.78 is 5.43. The van der Waals surface area contributed by atoms with Crippen LogP contribution in [-0.4, -0.2) is 16.9 Å². The van der Waals surface area contributed by atoms with Gasteiger partial charge in [0.25, 0.3) is 0 Å². The molecule has 0 saturated carbocycles. The zero-order valence-corrected chi connectivity index (χ0v) is 14.6. The van der Waals surface area contributed by atoms with Crippen LogP contribution in [0.1, 0.15) is 15.9 Å². The van der Waals surface area contributed by atoms with E-state index < -0.39 is 11.9 Å². The lowest BCUT2D eigenvalue weighted by atomic mass is 10.1. The SMILES string of the molecule is NC(=O)Cc1ccc(OC(=O)c2cccnc2Sc2ccccc2)cc1. The number of benzene rings is 2. The Kier molecular flexibility index (Phi) is 5.66. The third-order valence-electron chi connectivity index (χ3n) is 3.46. The molecule has 0 bridgehead atoms. The van der Waals surface area contributed by atoms with Crippen LogP contribution in [0.25, 0.3) is 0 Å². The third-order valence-corrected chi connectivity index (χ3v) is 4.49. The molecule has 2 N–H and O–H groups in total. The number of ether oxygens (including phenoxy) is 1. The van der Waals surface area contributed by atoms with Crippen LogP contribution in [-0.2, 0) is 11.2 Å². The fourth-order valence-electron chi connectivity index (χ4n) is 2.27.